The first kappa shape index (κ1) is 16.5. The molecule has 2 atom stereocenters. The van der Waals surface area contributed by atoms with E-state index in [1.165, 1.54) is 11.1 Å². The predicted octanol–water partition coefficient (Wildman–Crippen LogP) is 3.58. The van der Waals surface area contributed by atoms with E-state index in [-0.39, 0.29) is 23.7 Å². The molecule has 0 spiro atoms. The van der Waals surface area contributed by atoms with E-state index in [1.807, 2.05) is 46.2 Å². The van der Waals surface area contributed by atoms with Gasteiger partial charge in [0.2, 0.25) is 11.8 Å². The highest BCUT2D eigenvalue weighted by Crippen LogP contribution is 2.44. The standard InChI is InChI=1S/C23H24N2O2/c26-22(24-13-5-9-16-7-1-3-11-20(16)24)18-15-19(18)23(27)25-14-6-10-17-8-2-4-12-21(17)25/h1-4,7-8,11-12,18-19H,5-6,9-10,13-15H2. The lowest BCUT2D eigenvalue weighted by Gasteiger charge is -2.31. The minimum absolute atomic E-state index is 0.130. The molecule has 5 rings (SSSR count). The zero-order valence-electron chi connectivity index (χ0n) is 15.4. The van der Waals surface area contributed by atoms with Gasteiger partial charge in [-0.15, -0.1) is 0 Å². The van der Waals surface area contributed by atoms with E-state index in [0.29, 0.717) is 6.42 Å². The van der Waals surface area contributed by atoms with Crippen molar-refractivity contribution >= 4 is 23.2 Å². The molecule has 0 saturated heterocycles. The minimum atomic E-state index is -0.155. The van der Waals surface area contributed by atoms with Gasteiger partial charge in [-0.25, -0.2) is 0 Å². The molecule has 1 aliphatic carbocycles. The smallest absolute Gasteiger partial charge is 0.230 e. The Morgan fingerprint density at radius 3 is 1.63 bits per heavy atom. The average molecular weight is 360 g/mol. The zero-order chi connectivity index (χ0) is 18.4. The Hall–Kier alpha value is -2.62. The molecule has 2 unspecified atom stereocenters. The van der Waals surface area contributed by atoms with E-state index >= 15 is 0 Å². The Bertz CT molecular complexity index is 833. The molecule has 2 aromatic rings. The van der Waals surface area contributed by atoms with Gasteiger partial charge in [0.25, 0.3) is 0 Å². The van der Waals surface area contributed by atoms with Crippen LogP contribution < -0.4 is 9.80 Å². The van der Waals surface area contributed by atoms with Crippen LogP contribution in [0.1, 0.15) is 30.4 Å². The van der Waals surface area contributed by atoms with Gasteiger partial charge in [-0.2, -0.15) is 0 Å². The Kier molecular flexibility index (Phi) is 4.00. The second kappa shape index (κ2) is 6.52. The van der Waals surface area contributed by atoms with Crippen LogP contribution in [0.3, 0.4) is 0 Å². The maximum absolute atomic E-state index is 13.1. The van der Waals surface area contributed by atoms with Crippen molar-refractivity contribution in [1.82, 2.24) is 0 Å². The fourth-order valence-corrected chi connectivity index (χ4v) is 4.67. The lowest BCUT2D eigenvalue weighted by Crippen LogP contribution is -2.40. The summed E-state index contributed by atoms with van der Waals surface area (Å²) in [6.07, 6.45) is 4.73. The van der Waals surface area contributed by atoms with E-state index < -0.39 is 0 Å². The van der Waals surface area contributed by atoms with Crippen LogP contribution in [0.25, 0.3) is 0 Å². The summed E-state index contributed by atoms with van der Waals surface area (Å²) in [7, 11) is 0. The number of rotatable bonds is 2. The number of amides is 2. The van der Waals surface area contributed by atoms with Crippen LogP contribution in [0, 0.1) is 11.8 Å². The number of hydrogen-bond donors (Lipinski definition) is 0. The third-order valence-corrected chi connectivity index (χ3v) is 6.18. The number of nitrogens with zero attached hydrogens (tertiary/aromatic N) is 2. The highest BCUT2D eigenvalue weighted by atomic mass is 16.2. The molecular weight excluding hydrogens is 336 g/mol. The van der Waals surface area contributed by atoms with Crippen molar-refractivity contribution in [3.63, 3.8) is 0 Å². The summed E-state index contributed by atoms with van der Waals surface area (Å²) in [5.74, 6) is -0.0490. The summed E-state index contributed by atoms with van der Waals surface area (Å²) in [4.78, 5) is 30.1. The second-order valence-electron chi connectivity index (χ2n) is 7.89. The molecule has 3 aliphatic rings. The van der Waals surface area contributed by atoms with Gasteiger partial charge in [-0.3, -0.25) is 9.59 Å². The van der Waals surface area contributed by atoms with Gasteiger partial charge in [0.1, 0.15) is 0 Å². The molecule has 0 bridgehead atoms. The van der Waals surface area contributed by atoms with Crippen molar-refractivity contribution in [2.24, 2.45) is 11.8 Å². The Labute approximate surface area is 159 Å². The lowest BCUT2D eigenvalue weighted by molar-refractivity contribution is -0.124. The molecule has 0 aromatic heterocycles. The summed E-state index contributed by atoms with van der Waals surface area (Å²) < 4.78 is 0. The van der Waals surface area contributed by atoms with Gasteiger partial charge >= 0.3 is 0 Å². The topological polar surface area (TPSA) is 40.6 Å². The number of anilines is 2. The number of para-hydroxylation sites is 2. The van der Waals surface area contributed by atoms with Crippen LogP contribution in [0.5, 0.6) is 0 Å². The molecule has 2 amide bonds. The fraction of sp³-hybridized carbons (Fsp3) is 0.391. The number of carbonyl (C=O) groups is 2. The number of benzene rings is 2. The third kappa shape index (κ3) is 2.84. The number of fused-ring (bicyclic) bond motifs is 2. The molecule has 138 valence electrons. The highest BCUT2D eigenvalue weighted by molar-refractivity contribution is 6.06. The van der Waals surface area contributed by atoms with Crippen LogP contribution in [0.2, 0.25) is 0 Å². The minimum Gasteiger partial charge on any atom is -0.312 e. The summed E-state index contributed by atoms with van der Waals surface area (Å²) in [5, 5.41) is 0. The Morgan fingerprint density at radius 2 is 1.15 bits per heavy atom. The summed E-state index contributed by atoms with van der Waals surface area (Å²) in [5.41, 5.74) is 4.56. The second-order valence-corrected chi connectivity index (χ2v) is 7.89. The van der Waals surface area contributed by atoms with Crippen molar-refractivity contribution in [1.29, 1.82) is 0 Å². The maximum atomic E-state index is 13.1. The molecule has 1 saturated carbocycles. The quantitative estimate of drug-likeness (QED) is 0.821. The van der Waals surface area contributed by atoms with E-state index in [1.54, 1.807) is 0 Å². The van der Waals surface area contributed by atoms with Crippen LogP contribution in [-0.2, 0) is 22.4 Å². The molecule has 4 heteroatoms. The van der Waals surface area contributed by atoms with Crippen LogP contribution in [0.15, 0.2) is 48.5 Å². The molecule has 0 N–H and O–H groups in total. The molecule has 2 aromatic carbocycles. The van der Waals surface area contributed by atoms with Crippen molar-refractivity contribution < 1.29 is 9.59 Å². The van der Waals surface area contributed by atoms with Crippen molar-refractivity contribution in [2.45, 2.75) is 32.1 Å². The van der Waals surface area contributed by atoms with Crippen molar-refractivity contribution in [2.75, 3.05) is 22.9 Å². The van der Waals surface area contributed by atoms with Crippen LogP contribution >= 0.6 is 0 Å². The number of aryl methyl sites for hydroxylation is 2. The first-order valence-corrected chi connectivity index (χ1v) is 10.0. The van der Waals surface area contributed by atoms with E-state index in [2.05, 4.69) is 12.1 Å². The first-order chi connectivity index (χ1) is 13.2. The molecular formula is C23H24N2O2. The molecule has 1 fully saturated rings. The Balaban J connectivity index is 1.33. The molecule has 2 heterocycles. The van der Waals surface area contributed by atoms with Gasteiger partial charge in [0, 0.05) is 24.5 Å². The predicted molar refractivity (Wildman–Crippen MR) is 106 cm³/mol. The largest absolute Gasteiger partial charge is 0.312 e. The number of carbonyl (C=O) groups excluding carboxylic acids is 2. The lowest BCUT2D eigenvalue weighted by atomic mass is 10.0. The van der Waals surface area contributed by atoms with E-state index in [9.17, 15) is 9.59 Å². The van der Waals surface area contributed by atoms with E-state index in [0.717, 1.165) is 50.1 Å². The van der Waals surface area contributed by atoms with E-state index in [4.69, 9.17) is 0 Å². The summed E-state index contributed by atoms with van der Waals surface area (Å²) in [6, 6.07) is 16.3. The normalized spacial score (nSPS) is 23.4. The van der Waals surface area contributed by atoms with Crippen molar-refractivity contribution in [3.8, 4) is 0 Å². The average Bonchev–Trinajstić information content (AvgIpc) is 3.53. The summed E-state index contributed by atoms with van der Waals surface area (Å²) >= 11 is 0. The molecule has 0 radical (unpaired) electrons. The Morgan fingerprint density at radius 1 is 0.704 bits per heavy atom. The zero-order valence-corrected chi connectivity index (χ0v) is 15.4. The van der Waals surface area contributed by atoms with Gasteiger partial charge in [-0.05, 0) is 55.4 Å². The van der Waals surface area contributed by atoms with Crippen molar-refractivity contribution in [3.05, 3.63) is 59.7 Å². The van der Waals surface area contributed by atoms with Gasteiger partial charge in [0.05, 0.1) is 11.8 Å². The van der Waals surface area contributed by atoms with Gasteiger partial charge in [-0.1, -0.05) is 36.4 Å². The van der Waals surface area contributed by atoms with Gasteiger partial charge < -0.3 is 9.80 Å². The number of hydrogen-bond acceptors (Lipinski definition) is 2. The first-order valence-electron chi connectivity index (χ1n) is 10.0. The molecule has 4 nitrogen and oxygen atoms in total. The summed E-state index contributed by atoms with van der Waals surface area (Å²) in [6.45, 7) is 1.53. The van der Waals surface area contributed by atoms with Crippen LogP contribution in [-0.4, -0.2) is 24.9 Å². The monoisotopic (exact) mass is 360 g/mol. The van der Waals surface area contributed by atoms with Gasteiger partial charge in [0.15, 0.2) is 0 Å². The highest BCUT2D eigenvalue weighted by Gasteiger charge is 2.51. The SMILES string of the molecule is O=C(C1CC1C(=O)N1CCCc2ccccc21)N1CCCc2ccccc21. The fourth-order valence-electron chi connectivity index (χ4n) is 4.67. The van der Waals surface area contributed by atoms with Crippen LogP contribution in [0.4, 0.5) is 11.4 Å². The maximum Gasteiger partial charge on any atom is 0.230 e. The molecule has 2 aliphatic heterocycles. The molecule has 27 heavy (non-hydrogen) atoms. The third-order valence-electron chi connectivity index (χ3n) is 6.18.